The average Bonchev–Trinajstić information content (AvgIpc) is 1.81. The van der Waals surface area contributed by atoms with Crippen molar-refractivity contribution in [1.82, 2.24) is 0 Å². The highest BCUT2D eigenvalue weighted by Gasteiger charge is 1.64. The molecule has 0 fully saturated rings. The molecule has 0 N–H and O–H groups in total. The van der Waals surface area contributed by atoms with Crippen LogP contribution in [0.3, 0.4) is 0 Å². The smallest absolute Gasteiger partial charge is 0.0548 e. The van der Waals surface area contributed by atoms with E-state index in [-0.39, 0.29) is 0 Å². The summed E-state index contributed by atoms with van der Waals surface area (Å²) in [5, 5.41) is 0. The van der Waals surface area contributed by atoms with Crippen molar-refractivity contribution in [3.05, 3.63) is 11.6 Å². The molecule has 2 heteroatoms. The molecule has 0 saturated heterocycles. The number of halogens is 1. The first kappa shape index (κ1) is 7.94. The molecule has 0 nitrogen and oxygen atoms in total. The van der Waals surface area contributed by atoms with Crippen LogP contribution in [-0.2, 0) is 0 Å². The topological polar surface area (TPSA) is 0 Å². The Labute approximate surface area is 59.3 Å². The maximum Gasteiger partial charge on any atom is 0.0548 e. The van der Waals surface area contributed by atoms with Crippen LogP contribution in [-0.4, -0.2) is 12.0 Å². The van der Waals surface area contributed by atoms with Crippen molar-refractivity contribution < 1.29 is 0 Å². The molecule has 0 atom stereocenters. The predicted molar refractivity (Wildman–Crippen MR) is 41.2 cm³/mol. The van der Waals surface area contributed by atoms with Crippen LogP contribution in [0, 0.1) is 11.8 Å². The Balaban J connectivity index is 3.21. The Morgan fingerprint density at radius 1 is 1.75 bits per heavy atom. The second-order valence-corrected chi connectivity index (χ2v) is 2.16. The van der Waals surface area contributed by atoms with Gasteiger partial charge in [-0.2, -0.15) is 11.8 Å². The number of allylic oxidation sites excluding steroid dienone is 1. The summed E-state index contributed by atoms with van der Waals surface area (Å²) in [5.41, 5.74) is 1.41. The van der Waals surface area contributed by atoms with E-state index in [0.717, 1.165) is 5.75 Å². The van der Waals surface area contributed by atoms with Crippen LogP contribution in [0.25, 0.3) is 0 Å². The lowest BCUT2D eigenvalue weighted by molar-refractivity contribution is 1.93. The molecule has 8 heavy (non-hydrogen) atoms. The van der Waals surface area contributed by atoms with E-state index in [1.54, 1.807) is 17.8 Å². The van der Waals surface area contributed by atoms with Gasteiger partial charge in [0.25, 0.3) is 0 Å². The Morgan fingerprint density at radius 3 is 3.00 bits per heavy atom. The predicted octanol–water partition coefficient (Wildman–Crippen LogP) is 2.11. The number of rotatable bonds is 1. The maximum atomic E-state index is 5.19. The molecule has 0 aliphatic heterocycles. The fraction of sp³-hybridized carbons (Fsp3) is 0.333. The van der Waals surface area contributed by atoms with Gasteiger partial charge in [-0.3, -0.25) is 0 Å². The molecule has 0 amide bonds. The zero-order valence-electron chi connectivity index (χ0n) is 4.65. The molecule has 0 heterocycles. The van der Waals surface area contributed by atoms with Gasteiger partial charge in [-0.25, -0.2) is 0 Å². The second kappa shape index (κ2) is 6.94. The van der Waals surface area contributed by atoms with Gasteiger partial charge in [-0.1, -0.05) is 23.4 Å². The quantitative estimate of drug-likeness (QED) is 0.511. The standard InChI is InChI=1S/C6H7ClS/c1-8-6-4-2-3-5-7/h3,5H,6H2,1H3/b5-3+. The molecule has 0 aliphatic rings. The van der Waals surface area contributed by atoms with E-state index in [1.165, 1.54) is 5.54 Å². The highest BCUT2D eigenvalue weighted by Crippen LogP contribution is 1.86. The van der Waals surface area contributed by atoms with Gasteiger partial charge in [0, 0.05) is 5.54 Å². The molecule has 0 aromatic carbocycles. The van der Waals surface area contributed by atoms with Crippen molar-refractivity contribution in [2.24, 2.45) is 0 Å². The van der Waals surface area contributed by atoms with Crippen LogP contribution < -0.4 is 0 Å². The first-order valence-electron chi connectivity index (χ1n) is 2.14. The largest absolute Gasteiger partial charge is 0.152 e. The van der Waals surface area contributed by atoms with Crippen molar-refractivity contribution in [3.63, 3.8) is 0 Å². The average molecular weight is 147 g/mol. The van der Waals surface area contributed by atoms with Crippen molar-refractivity contribution >= 4 is 23.4 Å². The van der Waals surface area contributed by atoms with Gasteiger partial charge in [0.15, 0.2) is 0 Å². The Bertz CT molecular complexity index is 118. The number of thioether (sulfide) groups is 1. The molecule has 0 bridgehead atoms. The highest BCUT2D eigenvalue weighted by molar-refractivity contribution is 7.98. The number of hydrogen-bond donors (Lipinski definition) is 0. The fourth-order valence-electron chi connectivity index (χ4n) is 0.204. The first-order valence-corrected chi connectivity index (χ1v) is 3.97. The van der Waals surface area contributed by atoms with Crippen LogP contribution in [0.1, 0.15) is 0 Å². The lowest BCUT2D eigenvalue weighted by atomic mass is 10.6. The summed E-state index contributed by atoms with van der Waals surface area (Å²) in [4.78, 5) is 0. The number of hydrogen-bond acceptors (Lipinski definition) is 1. The van der Waals surface area contributed by atoms with Gasteiger partial charge in [0.2, 0.25) is 0 Å². The third-order valence-electron chi connectivity index (χ3n) is 0.465. The molecule has 0 spiro atoms. The summed E-state index contributed by atoms with van der Waals surface area (Å²) in [6, 6.07) is 0. The zero-order valence-corrected chi connectivity index (χ0v) is 6.22. The Hall–Kier alpha value is -0.0600. The second-order valence-electron chi connectivity index (χ2n) is 1.05. The Kier molecular flexibility index (Phi) is 6.89. The van der Waals surface area contributed by atoms with E-state index < -0.39 is 0 Å². The van der Waals surface area contributed by atoms with Gasteiger partial charge in [-0.15, -0.1) is 0 Å². The van der Waals surface area contributed by atoms with E-state index in [9.17, 15) is 0 Å². The normalized spacial score (nSPS) is 8.75. The molecule has 0 aliphatic carbocycles. The van der Waals surface area contributed by atoms with E-state index in [0.29, 0.717) is 0 Å². The molecular weight excluding hydrogens is 140 g/mol. The third-order valence-corrected chi connectivity index (χ3v) is 1.02. The van der Waals surface area contributed by atoms with Crippen LogP contribution in [0.4, 0.5) is 0 Å². The van der Waals surface area contributed by atoms with E-state index in [4.69, 9.17) is 11.6 Å². The van der Waals surface area contributed by atoms with E-state index in [2.05, 4.69) is 11.8 Å². The molecule has 0 radical (unpaired) electrons. The van der Waals surface area contributed by atoms with Gasteiger partial charge >= 0.3 is 0 Å². The van der Waals surface area contributed by atoms with Crippen LogP contribution in [0.15, 0.2) is 11.6 Å². The van der Waals surface area contributed by atoms with E-state index in [1.807, 2.05) is 6.26 Å². The third kappa shape index (κ3) is 5.94. The highest BCUT2D eigenvalue weighted by atomic mass is 35.5. The molecule has 0 aromatic rings. The minimum absolute atomic E-state index is 0.876. The van der Waals surface area contributed by atoms with Crippen LogP contribution in [0.2, 0.25) is 0 Å². The van der Waals surface area contributed by atoms with Crippen molar-refractivity contribution in [2.75, 3.05) is 12.0 Å². The summed E-state index contributed by atoms with van der Waals surface area (Å²) >= 11 is 6.89. The van der Waals surface area contributed by atoms with Crippen molar-refractivity contribution in [3.8, 4) is 11.8 Å². The molecule has 0 aromatic heterocycles. The molecule has 0 saturated carbocycles. The Morgan fingerprint density at radius 2 is 2.50 bits per heavy atom. The summed E-state index contributed by atoms with van der Waals surface area (Å²) in [7, 11) is 0. The molecule has 0 rings (SSSR count). The SMILES string of the molecule is CSCC#C/C=C/Cl. The van der Waals surface area contributed by atoms with Gasteiger partial charge in [0.1, 0.15) is 0 Å². The lowest BCUT2D eigenvalue weighted by Gasteiger charge is -1.73. The summed E-state index contributed by atoms with van der Waals surface area (Å²) < 4.78 is 0. The molecular formula is C6H7ClS. The lowest BCUT2D eigenvalue weighted by Crippen LogP contribution is -1.63. The summed E-state index contributed by atoms with van der Waals surface area (Å²) in [6.45, 7) is 0. The summed E-state index contributed by atoms with van der Waals surface area (Å²) in [6.07, 6.45) is 3.64. The van der Waals surface area contributed by atoms with Crippen molar-refractivity contribution in [1.29, 1.82) is 0 Å². The van der Waals surface area contributed by atoms with Gasteiger partial charge in [0.05, 0.1) is 5.75 Å². The maximum absolute atomic E-state index is 5.19. The monoisotopic (exact) mass is 146 g/mol. The zero-order chi connectivity index (χ0) is 6.24. The van der Waals surface area contributed by atoms with Gasteiger partial charge in [-0.05, 0) is 12.3 Å². The minimum Gasteiger partial charge on any atom is -0.152 e. The van der Waals surface area contributed by atoms with Crippen molar-refractivity contribution in [2.45, 2.75) is 0 Å². The van der Waals surface area contributed by atoms with E-state index >= 15 is 0 Å². The summed E-state index contributed by atoms with van der Waals surface area (Å²) in [5.74, 6) is 6.51. The fourth-order valence-corrected chi connectivity index (χ4v) is 0.495. The molecule has 44 valence electrons. The minimum atomic E-state index is 0.876. The first-order chi connectivity index (χ1) is 3.91. The molecule has 0 unspecified atom stereocenters. The van der Waals surface area contributed by atoms with Gasteiger partial charge < -0.3 is 0 Å². The van der Waals surface area contributed by atoms with Crippen LogP contribution >= 0.6 is 23.4 Å². The van der Waals surface area contributed by atoms with Crippen LogP contribution in [0.5, 0.6) is 0 Å².